The Hall–Kier alpha value is -2.09. The van der Waals surface area contributed by atoms with Gasteiger partial charge in [0.05, 0.1) is 6.04 Å². The lowest BCUT2D eigenvalue weighted by atomic mass is 9.94. The lowest BCUT2D eigenvalue weighted by Gasteiger charge is -2.23. The van der Waals surface area contributed by atoms with Gasteiger partial charge in [0.2, 0.25) is 0 Å². The second kappa shape index (κ2) is 7.26. The first-order valence-electron chi connectivity index (χ1n) is 7.97. The van der Waals surface area contributed by atoms with Gasteiger partial charge in [-0.25, -0.2) is 0 Å². The van der Waals surface area contributed by atoms with Gasteiger partial charge in [0.25, 0.3) is 5.91 Å². The minimum absolute atomic E-state index is 0.0121. The van der Waals surface area contributed by atoms with Gasteiger partial charge in [-0.1, -0.05) is 62.7 Å². The van der Waals surface area contributed by atoms with Crippen molar-refractivity contribution in [1.82, 2.24) is 5.32 Å². The molecule has 0 aliphatic heterocycles. The first-order chi connectivity index (χ1) is 10.5. The molecule has 0 radical (unpaired) electrons. The summed E-state index contributed by atoms with van der Waals surface area (Å²) in [6, 6.07) is 16.3. The Morgan fingerprint density at radius 3 is 2.32 bits per heavy atom. The van der Waals surface area contributed by atoms with Gasteiger partial charge in [-0.3, -0.25) is 4.79 Å². The molecule has 2 heteroatoms. The Morgan fingerprint density at radius 1 is 1.09 bits per heavy atom. The summed E-state index contributed by atoms with van der Waals surface area (Å²) >= 11 is 0. The molecule has 0 saturated carbocycles. The average Bonchev–Trinajstić information content (AvgIpc) is 2.52. The van der Waals surface area contributed by atoms with Gasteiger partial charge in [0, 0.05) is 5.56 Å². The van der Waals surface area contributed by atoms with E-state index < -0.39 is 0 Å². The van der Waals surface area contributed by atoms with E-state index in [4.69, 9.17) is 0 Å². The second-order valence-electron chi connectivity index (χ2n) is 6.16. The molecule has 0 spiro atoms. The monoisotopic (exact) mass is 295 g/mol. The molecule has 2 rings (SSSR count). The zero-order valence-corrected chi connectivity index (χ0v) is 13.9. The summed E-state index contributed by atoms with van der Waals surface area (Å²) in [6.07, 6.45) is 1.03. The molecule has 22 heavy (non-hydrogen) atoms. The van der Waals surface area contributed by atoms with E-state index in [-0.39, 0.29) is 11.9 Å². The Balaban J connectivity index is 2.19. The number of aryl methyl sites for hydroxylation is 2. The molecule has 0 aromatic heterocycles. The highest BCUT2D eigenvalue weighted by atomic mass is 16.1. The van der Waals surface area contributed by atoms with Crippen LogP contribution in [0.5, 0.6) is 0 Å². The number of carbonyl (C=O) groups excluding carboxylic acids is 1. The Kier molecular flexibility index (Phi) is 5.37. The molecule has 0 saturated heterocycles. The van der Waals surface area contributed by atoms with E-state index in [2.05, 4.69) is 50.4 Å². The van der Waals surface area contributed by atoms with Gasteiger partial charge in [0.1, 0.15) is 0 Å². The zero-order chi connectivity index (χ0) is 16.1. The normalized spacial score (nSPS) is 12.2. The van der Waals surface area contributed by atoms with Crippen LogP contribution in [0.25, 0.3) is 0 Å². The summed E-state index contributed by atoms with van der Waals surface area (Å²) in [6.45, 7) is 8.42. The number of nitrogens with one attached hydrogen (secondary N) is 1. The minimum atomic E-state index is -0.0121. The Morgan fingerprint density at radius 2 is 1.77 bits per heavy atom. The average molecular weight is 295 g/mol. The lowest BCUT2D eigenvalue weighted by molar-refractivity contribution is 0.0925. The molecule has 116 valence electrons. The van der Waals surface area contributed by atoms with Crippen LogP contribution >= 0.6 is 0 Å². The SMILES string of the molecule is CCc1ccc([C@@H](NC(=O)c2cccc(C)c2)C(C)C)cc1. The Bertz CT molecular complexity index is 628. The standard InChI is InChI=1S/C20H25NO/c1-5-16-9-11-17(12-10-16)19(14(2)3)21-20(22)18-8-6-7-15(4)13-18/h6-14,19H,5H2,1-4H3,(H,21,22)/t19-/m0/s1. The number of amides is 1. The first-order valence-corrected chi connectivity index (χ1v) is 7.97. The summed E-state index contributed by atoms with van der Waals surface area (Å²) in [7, 11) is 0. The van der Waals surface area contributed by atoms with Crippen LogP contribution in [-0.2, 0) is 6.42 Å². The highest BCUT2D eigenvalue weighted by Gasteiger charge is 2.19. The number of carbonyl (C=O) groups is 1. The molecular weight excluding hydrogens is 270 g/mol. The third kappa shape index (κ3) is 3.97. The predicted octanol–water partition coefficient (Wildman–Crippen LogP) is 4.68. The quantitative estimate of drug-likeness (QED) is 0.852. The van der Waals surface area contributed by atoms with Gasteiger partial charge in [-0.05, 0) is 42.5 Å². The molecule has 2 aromatic rings. The molecule has 1 N–H and O–H groups in total. The molecule has 1 atom stereocenters. The van der Waals surface area contributed by atoms with Crippen LogP contribution in [0.1, 0.15) is 53.9 Å². The number of hydrogen-bond donors (Lipinski definition) is 1. The highest BCUT2D eigenvalue weighted by Crippen LogP contribution is 2.23. The van der Waals surface area contributed by atoms with Crippen molar-refractivity contribution in [1.29, 1.82) is 0 Å². The third-order valence-corrected chi connectivity index (χ3v) is 3.98. The summed E-state index contributed by atoms with van der Waals surface area (Å²) < 4.78 is 0. The maximum Gasteiger partial charge on any atom is 0.251 e. The van der Waals surface area contributed by atoms with Gasteiger partial charge in [0.15, 0.2) is 0 Å². The van der Waals surface area contributed by atoms with Gasteiger partial charge < -0.3 is 5.32 Å². The van der Waals surface area contributed by atoms with Crippen LogP contribution in [0.2, 0.25) is 0 Å². The molecule has 1 amide bonds. The van der Waals surface area contributed by atoms with Crippen molar-refractivity contribution in [2.24, 2.45) is 5.92 Å². The van der Waals surface area contributed by atoms with E-state index >= 15 is 0 Å². The van der Waals surface area contributed by atoms with E-state index in [1.54, 1.807) is 0 Å². The fourth-order valence-corrected chi connectivity index (χ4v) is 2.61. The summed E-state index contributed by atoms with van der Waals surface area (Å²) in [4.78, 5) is 12.5. The molecule has 0 fully saturated rings. The zero-order valence-electron chi connectivity index (χ0n) is 13.9. The van der Waals surface area contributed by atoms with Gasteiger partial charge in [-0.15, -0.1) is 0 Å². The van der Waals surface area contributed by atoms with Crippen LogP contribution in [-0.4, -0.2) is 5.91 Å². The first kappa shape index (κ1) is 16.3. The van der Waals surface area contributed by atoms with Crippen molar-refractivity contribution in [3.8, 4) is 0 Å². The maximum atomic E-state index is 12.5. The molecule has 0 bridgehead atoms. The predicted molar refractivity (Wildman–Crippen MR) is 92.0 cm³/mol. The maximum absolute atomic E-state index is 12.5. The second-order valence-corrected chi connectivity index (χ2v) is 6.16. The minimum Gasteiger partial charge on any atom is -0.345 e. The van der Waals surface area contributed by atoms with Crippen molar-refractivity contribution in [3.63, 3.8) is 0 Å². The molecular formula is C20H25NO. The summed E-state index contributed by atoms with van der Waals surface area (Å²) in [5, 5.41) is 3.17. The van der Waals surface area contributed by atoms with E-state index in [1.165, 1.54) is 5.56 Å². The van der Waals surface area contributed by atoms with Crippen molar-refractivity contribution in [2.75, 3.05) is 0 Å². The summed E-state index contributed by atoms with van der Waals surface area (Å²) in [5.41, 5.74) is 4.29. The molecule has 0 unspecified atom stereocenters. The van der Waals surface area contributed by atoms with E-state index in [9.17, 15) is 4.79 Å². The topological polar surface area (TPSA) is 29.1 Å². The lowest BCUT2D eigenvalue weighted by Crippen LogP contribution is -2.31. The van der Waals surface area contributed by atoms with E-state index in [0.717, 1.165) is 23.1 Å². The smallest absolute Gasteiger partial charge is 0.251 e. The number of benzene rings is 2. The van der Waals surface area contributed by atoms with Gasteiger partial charge in [-0.2, -0.15) is 0 Å². The molecule has 0 aliphatic rings. The van der Waals surface area contributed by atoms with Gasteiger partial charge >= 0.3 is 0 Å². The molecule has 0 heterocycles. The fraction of sp³-hybridized carbons (Fsp3) is 0.350. The highest BCUT2D eigenvalue weighted by molar-refractivity contribution is 5.94. The molecule has 2 aromatic carbocycles. The van der Waals surface area contributed by atoms with E-state index in [1.807, 2.05) is 31.2 Å². The third-order valence-electron chi connectivity index (χ3n) is 3.98. The van der Waals surface area contributed by atoms with Crippen LogP contribution in [0.3, 0.4) is 0 Å². The van der Waals surface area contributed by atoms with Crippen LogP contribution in [0.15, 0.2) is 48.5 Å². The largest absolute Gasteiger partial charge is 0.345 e. The number of hydrogen-bond acceptors (Lipinski definition) is 1. The van der Waals surface area contributed by atoms with Crippen LogP contribution in [0.4, 0.5) is 0 Å². The van der Waals surface area contributed by atoms with Crippen LogP contribution in [0, 0.1) is 12.8 Å². The van der Waals surface area contributed by atoms with Crippen molar-refractivity contribution in [3.05, 3.63) is 70.8 Å². The fourth-order valence-electron chi connectivity index (χ4n) is 2.61. The van der Waals surface area contributed by atoms with Crippen LogP contribution < -0.4 is 5.32 Å². The molecule has 2 nitrogen and oxygen atoms in total. The number of rotatable bonds is 5. The van der Waals surface area contributed by atoms with Crippen molar-refractivity contribution < 1.29 is 4.79 Å². The molecule has 0 aliphatic carbocycles. The van der Waals surface area contributed by atoms with E-state index in [0.29, 0.717) is 5.92 Å². The Labute approximate surface area is 133 Å². The summed E-state index contributed by atoms with van der Waals surface area (Å²) in [5.74, 6) is 0.322. The van der Waals surface area contributed by atoms with Crippen molar-refractivity contribution in [2.45, 2.75) is 40.2 Å². The van der Waals surface area contributed by atoms with Crippen molar-refractivity contribution >= 4 is 5.91 Å².